The Labute approximate surface area is 180 Å². The smallest absolute Gasteiger partial charge is 0.226 e. The van der Waals surface area contributed by atoms with Gasteiger partial charge in [0.1, 0.15) is 0 Å². The summed E-state index contributed by atoms with van der Waals surface area (Å²) in [5.74, 6) is 2.77. The number of nitrogens with zero attached hydrogens (tertiary/aromatic N) is 1. The Morgan fingerprint density at radius 2 is 1.69 bits per heavy atom. The molecule has 5 aliphatic rings. The summed E-state index contributed by atoms with van der Waals surface area (Å²) in [7, 11) is 0. The number of likely N-dealkylation sites (tertiary alicyclic amines) is 1. The Kier molecular flexibility index (Phi) is 6.94. The molecule has 0 aromatic heterocycles. The number of hydrogen-bond acceptors (Lipinski definition) is 3. The maximum atomic E-state index is 13.2. The summed E-state index contributed by atoms with van der Waals surface area (Å²) in [6.07, 6.45) is 8.07. The molecule has 1 heterocycles. The third-order valence-electron chi connectivity index (χ3n) is 7.74. The molecule has 5 nitrogen and oxygen atoms in total. The van der Waals surface area contributed by atoms with E-state index in [2.05, 4.69) is 10.2 Å². The Bertz CT molecular complexity index is 663. The molecule has 2 atom stereocenters. The molecule has 1 amide bonds. The van der Waals surface area contributed by atoms with Crippen molar-refractivity contribution < 1.29 is 15.4 Å². The van der Waals surface area contributed by atoms with E-state index in [4.69, 9.17) is 0 Å². The van der Waals surface area contributed by atoms with Crippen molar-refractivity contribution >= 4 is 18.3 Å². The second-order valence-electron chi connectivity index (χ2n) is 9.84. The first kappa shape index (κ1) is 22.5. The van der Waals surface area contributed by atoms with Crippen LogP contribution in [0.4, 0.5) is 0 Å². The number of carbonyl (C=O) groups excluding carboxylic acids is 1. The van der Waals surface area contributed by atoms with Gasteiger partial charge in [-0.05, 0) is 68.3 Å². The SMILES string of the molecule is Cl.O.O=C(NC1CCN(CC(O)c2ccccc2)C1)C12CC3CC(CC(C3)C1)C2. The van der Waals surface area contributed by atoms with Crippen LogP contribution in [0.1, 0.15) is 56.6 Å². The summed E-state index contributed by atoms with van der Waals surface area (Å²) >= 11 is 0. The predicted octanol–water partition coefficient (Wildman–Crippen LogP) is 2.72. The van der Waals surface area contributed by atoms with Gasteiger partial charge in [0.25, 0.3) is 0 Å². The van der Waals surface area contributed by atoms with Crippen molar-refractivity contribution in [1.82, 2.24) is 10.2 Å². The van der Waals surface area contributed by atoms with E-state index in [1.807, 2.05) is 30.3 Å². The van der Waals surface area contributed by atoms with Crippen molar-refractivity contribution in [3.63, 3.8) is 0 Å². The lowest BCUT2D eigenvalue weighted by atomic mass is 9.49. The fraction of sp³-hybridized carbons (Fsp3) is 0.696. The van der Waals surface area contributed by atoms with E-state index in [1.165, 1.54) is 19.3 Å². The topological polar surface area (TPSA) is 84.1 Å². The van der Waals surface area contributed by atoms with Gasteiger partial charge in [-0.15, -0.1) is 12.4 Å². The van der Waals surface area contributed by atoms with E-state index < -0.39 is 6.10 Å². The Morgan fingerprint density at radius 3 is 2.28 bits per heavy atom. The number of carbonyl (C=O) groups is 1. The number of nitrogens with one attached hydrogen (secondary N) is 1. The molecule has 6 heteroatoms. The van der Waals surface area contributed by atoms with Gasteiger partial charge in [0, 0.05) is 31.1 Å². The number of benzene rings is 1. The second kappa shape index (κ2) is 8.93. The van der Waals surface area contributed by atoms with Crippen LogP contribution in [-0.4, -0.2) is 47.1 Å². The highest BCUT2D eigenvalue weighted by molar-refractivity contribution is 5.85. The maximum Gasteiger partial charge on any atom is 0.226 e. The van der Waals surface area contributed by atoms with Crippen LogP contribution < -0.4 is 5.32 Å². The fourth-order valence-electron chi connectivity index (χ4n) is 6.87. The first-order valence-corrected chi connectivity index (χ1v) is 10.9. The lowest BCUT2D eigenvalue weighted by Crippen LogP contribution is -2.55. The Morgan fingerprint density at radius 1 is 1.10 bits per heavy atom. The number of halogens is 1. The quantitative estimate of drug-likeness (QED) is 0.765. The van der Waals surface area contributed by atoms with Gasteiger partial charge < -0.3 is 15.9 Å². The third-order valence-corrected chi connectivity index (χ3v) is 7.74. The monoisotopic (exact) mass is 422 g/mol. The molecule has 1 saturated heterocycles. The summed E-state index contributed by atoms with van der Waals surface area (Å²) < 4.78 is 0. The van der Waals surface area contributed by atoms with Crippen LogP contribution in [0.3, 0.4) is 0 Å². The van der Waals surface area contributed by atoms with Crippen LogP contribution in [0.5, 0.6) is 0 Å². The number of aliphatic hydroxyl groups is 1. The summed E-state index contributed by atoms with van der Waals surface area (Å²) in [5.41, 5.74) is 0.921. The van der Waals surface area contributed by atoms with Gasteiger partial charge in [0.15, 0.2) is 0 Å². The van der Waals surface area contributed by atoms with E-state index in [-0.39, 0.29) is 29.3 Å². The van der Waals surface area contributed by atoms with E-state index in [0.29, 0.717) is 12.5 Å². The van der Waals surface area contributed by atoms with E-state index >= 15 is 0 Å². The van der Waals surface area contributed by atoms with Gasteiger partial charge in [0.05, 0.1) is 6.10 Å². The normalized spacial score (nSPS) is 36.2. The highest BCUT2D eigenvalue weighted by Crippen LogP contribution is 2.60. The molecule has 4 bridgehead atoms. The maximum absolute atomic E-state index is 13.2. The molecule has 0 radical (unpaired) electrons. The standard InChI is InChI=1S/C23H32N2O2.ClH.H2O/c26-21(19-4-2-1-3-5-19)15-25-7-6-20(14-25)24-22(27)23-11-16-8-17(12-23)10-18(9-16)13-23;;/h1-5,16-18,20-21,26H,6-15H2,(H,24,27);1H;1H2. The molecule has 4 aliphatic carbocycles. The van der Waals surface area contributed by atoms with Gasteiger partial charge >= 0.3 is 0 Å². The molecule has 5 fully saturated rings. The zero-order chi connectivity index (χ0) is 18.4. The van der Waals surface area contributed by atoms with Gasteiger partial charge in [-0.25, -0.2) is 0 Å². The number of rotatable bonds is 5. The highest BCUT2D eigenvalue weighted by Gasteiger charge is 2.54. The summed E-state index contributed by atoms with van der Waals surface area (Å²) in [5, 5.41) is 13.9. The average molecular weight is 423 g/mol. The van der Waals surface area contributed by atoms with Crippen molar-refractivity contribution in [3.8, 4) is 0 Å². The largest absolute Gasteiger partial charge is 0.412 e. The number of aliphatic hydroxyl groups excluding tert-OH is 1. The molecule has 6 rings (SSSR count). The van der Waals surface area contributed by atoms with Crippen LogP contribution >= 0.6 is 12.4 Å². The fourth-order valence-corrected chi connectivity index (χ4v) is 6.87. The lowest BCUT2D eigenvalue weighted by molar-refractivity contribution is -0.146. The molecule has 1 aromatic carbocycles. The molecule has 29 heavy (non-hydrogen) atoms. The van der Waals surface area contributed by atoms with Crippen LogP contribution in [0.15, 0.2) is 30.3 Å². The molecular formula is C23H35ClN2O3. The van der Waals surface area contributed by atoms with Crippen LogP contribution in [0.25, 0.3) is 0 Å². The minimum absolute atomic E-state index is 0. The molecular weight excluding hydrogens is 388 g/mol. The molecule has 4 N–H and O–H groups in total. The first-order valence-electron chi connectivity index (χ1n) is 10.9. The first-order chi connectivity index (χ1) is 13.1. The van der Waals surface area contributed by atoms with Crippen molar-refractivity contribution in [2.24, 2.45) is 23.2 Å². The van der Waals surface area contributed by atoms with Crippen molar-refractivity contribution in [2.75, 3.05) is 19.6 Å². The van der Waals surface area contributed by atoms with Crippen molar-refractivity contribution in [3.05, 3.63) is 35.9 Å². The third kappa shape index (κ3) is 4.48. The van der Waals surface area contributed by atoms with Gasteiger partial charge in [0.2, 0.25) is 5.91 Å². The Hall–Kier alpha value is -1.14. The van der Waals surface area contributed by atoms with Crippen LogP contribution in [0, 0.1) is 23.2 Å². The molecule has 0 spiro atoms. The van der Waals surface area contributed by atoms with E-state index in [0.717, 1.165) is 62.1 Å². The summed E-state index contributed by atoms with van der Waals surface area (Å²) in [6.45, 7) is 2.46. The zero-order valence-corrected chi connectivity index (χ0v) is 17.9. The molecule has 4 saturated carbocycles. The molecule has 162 valence electrons. The number of β-amino-alcohol motifs (C(OH)–C–C–N with tert-alkyl or cyclic N) is 1. The lowest BCUT2D eigenvalue weighted by Gasteiger charge is -2.55. The van der Waals surface area contributed by atoms with Crippen molar-refractivity contribution in [2.45, 2.75) is 57.1 Å². The summed E-state index contributed by atoms with van der Waals surface area (Å²) in [6, 6.07) is 10.1. The molecule has 1 aliphatic heterocycles. The van der Waals surface area contributed by atoms with Crippen molar-refractivity contribution in [1.29, 1.82) is 0 Å². The second-order valence-corrected chi connectivity index (χ2v) is 9.84. The minimum atomic E-state index is -0.455. The van der Waals surface area contributed by atoms with Gasteiger partial charge in [-0.3, -0.25) is 9.69 Å². The average Bonchev–Trinajstić information content (AvgIpc) is 3.08. The minimum Gasteiger partial charge on any atom is -0.412 e. The zero-order valence-electron chi connectivity index (χ0n) is 17.1. The highest BCUT2D eigenvalue weighted by atomic mass is 35.5. The van der Waals surface area contributed by atoms with Crippen LogP contribution in [-0.2, 0) is 4.79 Å². The van der Waals surface area contributed by atoms with Gasteiger partial charge in [-0.1, -0.05) is 30.3 Å². The predicted molar refractivity (Wildman–Crippen MR) is 116 cm³/mol. The summed E-state index contributed by atoms with van der Waals surface area (Å²) in [4.78, 5) is 15.5. The molecule has 1 aromatic rings. The molecule has 2 unspecified atom stereocenters. The number of hydrogen-bond donors (Lipinski definition) is 2. The van der Waals surface area contributed by atoms with E-state index in [1.54, 1.807) is 0 Å². The van der Waals surface area contributed by atoms with Crippen LogP contribution in [0.2, 0.25) is 0 Å². The number of amides is 1. The Balaban J connectivity index is 0.00000120. The van der Waals surface area contributed by atoms with E-state index in [9.17, 15) is 9.90 Å². The van der Waals surface area contributed by atoms with Gasteiger partial charge in [-0.2, -0.15) is 0 Å².